The number of carbonyl (C=O) groups is 3. The summed E-state index contributed by atoms with van der Waals surface area (Å²) in [4.78, 5) is 32.1. The van der Waals surface area contributed by atoms with Crippen molar-refractivity contribution in [1.82, 2.24) is 4.90 Å². The molecule has 2 amide bonds. The predicted molar refractivity (Wildman–Crippen MR) is 49.3 cm³/mol. The number of nitrogens with zero attached hydrogens (tertiary/aromatic N) is 1. The van der Waals surface area contributed by atoms with Crippen LogP contribution in [0.5, 0.6) is 0 Å². The third-order valence-corrected chi connectivity index (χ3v) is 1.82. The fourth-order valence-corrected chi connectivity index (χ4v) is 0.833. The standard InChI is InChI=1S/C5H7NO2.C4H8O2/c1-6-4(7)2-3-5(6)8;1-3-4(5)6-2/h2-3H2,1H3;3H2,1-2H3. The molecular formula is C9H15NO4. The number of imide groups is 1. The Morgan fingerprint density at radius 1 is 1.36 bits per heavy atom. The highest BCUT2D eigenvalue weighted by molar-refractivity contribution is 6.01. The van der Waals surface area contributed by atoms with Gasteiger partial charge in [0.2, 0.25) is 11.8 Å². The van der Waals surface area contributed by atoms with Crippen LogP contribution in [0.25, 0.3) is 0 Å². The van der Waals surface area contributed by atoms with Crippen molar-refractivity contribution < 1.29 is 19.1 Å². The van der Waals surface area contributed by atoms with Crippen LogP contribution < -0.4 is 0 Å². The van der Waals surface area contributed by atoms with E-state index in [1.807, 2.05) is 0 Å². The molecule has 1 saturated heterocycles. The molecule has 1 fully saturated rings. The molecule has 5 nitrogen and oxygen atoms in total. The van der Waals surface area contributed by atoms with Crippen molar-refractivity contribution in [3.05, 3.63) is 0 Å². The summed E-state index contributed by atoms with van der Waals surface area (Å²) in [5, 5.41) is 0. The molecule has 14 heavy (non-hydrogen) atoms. The molecule has 1 rings (SSSR count). The quantitative estimate of drug-likeness (QED) is 0.453. The fraction of sp³-hybridized carbons (Fsp3) is 0.667. The molecule has 0 radical (unpaired) electrons. The summed E-state index contributed by atoms with van der Waals surface area (Å²) in [6, 6.07) is 0. The molecule has 1 aliphatic rings. The summed E-state index contributed by atoms with van der Waals surface area (Å²) in [5.74, 6) is -0.278. The van der Waals surface area contributed by atoms with E-state index >= 15 is 0 Å². The van der Waals surface area contributed by atoms with Gasteiger partial charge in [0.1, 0.15) is 0 Å². The second-order valence-electron chi connectivity index (χ2n) is 2.78. The zero-order valence-electron chi connectivity index (χ0n) is 8.70. The first-order valence-corrected chi connectivity index (χ1v) is 4.39. The van der Waals surface area contributed by atoms with E-state index in [1.165, 1.54) is 19.1 Å². The van der Waals surface area contributed by atoms with Crippen molar-refractivity contribution in [3.8, 4) is 0 Å². The monoisotopic (exact) mass is 201 g/mol. The average Bonchev–Trinajstić information content (AvgIpc) is 2.49. The first kappa shape index (κ1) is 12.6. The molecule has 5 heteroatoms. The Morgan fingerprint density at radius 2 is 1.79 bits per heavy atom. The minimum atomic E-state index is -0.157. The lowest BCUT2D eigenvalue weighted by molar-refractivity contribution is -0.140. The second kappa shape index (κ2) is 6.12. The molecule has 0 aliphatic carbocycles. The van der Waals surface area contributed by atoms with Crippen molar-refractivity contribution in [2.24, 2.45) is 0 Å². The normalized spacial score (nSPS) is 14.9. The third kappa shape index (κ3) is 4.02. The van der Waals surface area contributed by atoms with Gasteiger partial charge in [0, 0.05) is 26.3 Å². The summed E-state index contributed by atoms with van der Waals surface area (Å²) in [5.41, 5.74) is 0. The summed E-state index contributed by atoms with van der Waals surface area (Å²) in [6.45, 7) is 1.76. The van der Waals surface area contributed by atoms with Crippen LogP contribution in [0.2, 0.25) is 0 Å². The topological polar surface area (TPSA) is 63.7 Å². The van der Waals surface area contributed by atoms with E-state index in [1.54, 1.807) is 6.92 Å². The van der Waals surface area contributed by atoms with Crippen molar-refractivity contribution in [1.29, 1.82) is 0 Å². The lowest BCUT2D eigenvalue weighted by Gasteiger charge is -2.01. The first-order chi connectivity index (χ1) is 6.52. The smallest absolute Gasteiger partial charge is 0.305 e. The Labute approximate surface area is 83.0 Å². The lowest BCUT2D eigenvalue weighted by atomic mass is 10.4. The number of ether oxygens (including phenoxy) is 1. The van der Waals surface area contributed by atoms with Gasteiger partial charge < -0.3 is 4.74 Å². The molecule has 0 N–H and O–H groups in total. The predicted octanol–water partition coefficient (Wildman–Crippen LogP) is 0.335. The molecule has 0 atom stereocenters. The molecule has 0 spiro atoms. The van der Waals surface area contributed by atoms with Crippen LogP contribution in [-0.2, 0) is 19.1 Å². The highest BCUT2D eigenvalue weighted by atomic mass is 16.5. The molecule has 0 unspecified atom stereocenters. The molecule has 0 saturated carbocycles. The Bertz CT molecular complexity index is 215. The number of esters is 1. The van der Waals surface area contributed by atoms with Crippen molar-refractivity contribution in [3.63, 3.8) is 0 Å². The third-order valence-electron chi connectivity index (χ3n) is 1.82. The summed E-state index contributed by atoms with van der Waals surface area (Å²) >= 11 is 0. The molecule has 80 valence electrons. The van der Waals surface area contributed by atoms with Gasteiger partial charge in [0.15, 0.2) is 0 Å². The van der Waals surface area contributed by atoms with E-state index < -0.39 is 0 Å². The zero-order valence-corrected chi connectivity index (χ0v) is 8.70. The average molecular weight is 201 g/mol. The van der Waals surface area contributed by atoms with Gasteiger partial charge in [0.05, 0.1) is 7.11 Å². The maximum absolute atomic E-state index is 10.5. The van der Waals surface area contributed by atoms with Gasteiger partial charge in [-0.05, 0) is 0 Å². The number of rotatable bonds is 1. The van der Waals surface area contributed by atoms with Gasteiger partial charge in [-0.15, -0.1) is 0 Å². The molecule has 0 aromatic carbocycles. The molecule has 1 heterocycles. The Kier molecular flexibility index (Phi) is 5.52. The highest BCUT2D eigenvalue weighted by Gasteiger charge is 2.24. The number of carbonyl (C=O) groups excluding carboxylic acids is 3. The minimum absolute atomic E-state index is 0.0602. The molecule has 0 bridgehead atoms. The van der Waals surface area contributed by atoms with E-state index in [2.05, 4.69) is 4.74 Å². The molecule has 0 aromatic heterocycles. The van der Waals surface area contributed by atoms with E-state index in [4.69, 9.17) is 0 Å². The number of hydrogen-bond acceptors (Lipinski definition) is 4. The number of amides is 2. The van der Waals surface area contributed by atoms with E-state index in [9.17, 15) is 14.4 Å². The largest absolute Gasteiger partial charge is 0.469 e. The number of likely N-dealkylation sites (tertiary alicyclic amines) is 1. The fourth-order valence-electron chi connectivity index (χ4n) is 0.833. The Hall–Kier alpha value is -1.39. The maximum atomic E-state index is 10.5. The van der Waals surface area contributed by atoms with Crippen LogP contribution in [-0.4, -0.2) is 36.8 Å². The Balaban J connectivity index is 0.000000255. The van der Waals surface area contributed by atoms with Gasteiger partial charge in [0.25, 0.3) is 0 Å². The number of methoxy groups -OCH3 is 1. The van der Waals surface area contributed by atoms with Crippen LogP contribution in [0.15, 0.2) is 0 Å². The summed E-state index contributed by atoms with van der Waals surface area (Å²) in [7, 11) is 2.89. The van der Waals surface area contributed by atoms with Crippen LogP contribution in [0.1, 0.15) is 26.2 Å². The van der Waals surface area contributed by atoms with Crippen LogP contribution in [0.3, 0.4) is 0 Å². The first-order valence-electron chi connectivity index (χ1n) is 4.39. The highest BCUT2D eigenvalue weighted by Crippen LogP contribution is 2.07. The van der Waals surface area contributed by atoms with E-state index in [0.717, 1.165) is 0 Å². The summed E-state index contributed by atoms with van der Waals surface area (Å²) in [6.07, 6.45) is 1.27. The SMILES string of the molecule is CCC(=O)OC.CN1C(=O)CCC1=O. The van der Waals surface area contributed by atoms with Crippen molar-refractivity contribution >= 4 is 17.8 Å². The van der Waals surface area contributed by atoms with Crippen LogP contribution in [0.4, 0.5) is 0 Å². The zero-order chi connectivity index (χ0) is 11.1. The van der Waals surface area contributed by atoms with Gasteiger partial charge >= 0.3 is 5.97 Å². The van der Waals surface area contributed by atoms with Crippen LogP contribution >= 0.6 is 0 Å². The summed E-state index contributed by atoms with van der Waals surface area (Å²) < 4.78 is 4.26. The van der Waals surface area contributed by atoms with Gasteiger partial charge in [-0.2, -0.15) is 0 Å². The molecule has 0 aromatic rings. The van der Waals surface area contributed by atoms with E-state index in [-0.39, 0.29) is 17.8 Å². The van der Waals surface area contributed by atoms with Crippen molar-refractivity contribution in [2.75, 3.05) is 14.2 Å². The van der Waals surface area contributed by atoms with Gasteiger partial charge in [-0.3, -0.25) is 19.3 Å². The maximum Gasteiger partial charge on any atom is 0.305 e. The van der Waals surface area contributed by atoms with Crippen LogP contribution in [0, 0.1) is 0 Å². The Morgan fingerprint density at radius 3 is 1.86 bits per heavy atom. The van der Waals surface area contributed by atoms with Gasteiger partial charge in [-0.1, -0.05) is 6.92 Å². The lowest BCUT2D eigenvalue weighted by Crippen LogP contribution is -2.23. The number of hydrogen-bond donors (Lipinski definition) is 0. The van der Waals surface area contributed by atoms with Crippen molar-refractivity contribution in [2.45, 2.75) is 26.2 Å². The van der Waals surface area contributed by atoms with Gasteiger partial charge in [-0.25, -0.2) is 0 Å². The van der Waals surface area contributed by atoms with E-state index in [0.29, 0.717) is 19.3 Å². The molecule has 1 aliphatic heterocycles. The second-order valence-corrected chi connectivity index (χ2v) is 2.78. The molecular weight excluding hydrogens is 186 g/mol. The minimum Gasteiger partial charge on any atom is -0.469 e.